The molecule has 1 fully saturated rings. The molecule has 1 amide bonds. The van der Waals surface area contributed by atoms with Crippen molar-refractivity contribution in [3.63, 3.8) is 0 Å². The van der Waals surface area contributed by atoms with Crippen LogP contribution in [0.1, 0.15) is 63.2 Å². The summed E-state index contributed by atoms with van der Waals surface area (Å²) < 4.78 is 41.4. The maximum absolute atomic E-state index is 13.5. The second kappa shape index (κ2) is 6.87. The Labute approximate surface area is 156 Å². The highest BCUT2D eigenvalue weighted by Gasteiger charge is 2.46. The van der Waals surface area contributed by atoms with E-state index in [2.05, 4.69) is 22.6 Å². The normalized spacial score (nSPS) is 30.4. The van der Waals surface area contributed by atoms with Crippen molar-refractivity contribution in [2.45, 2.75) is 69.8 Å². The molecule has 1 saturated heterocycles. The number of hydrogen-bond donors (Lipinski definition) is 1. The number of fused-ring (bicyclic) bond motifs is 1. The van der Waals surface area contributed by atoms with Crippen molar-refractivity contribution in [2.75, 3.05) is 11.9 Å². The van der Waals surface area contributed by atoms with Gasteiger partial charge in [-0.3, -0.25) is 4.79 Å². The van der Waals surface area contributed by atoms with Crippen LogP contribution in [0.25, 0.3) is 0 Å². The minimum Gasteiger partial charge on any atom is -0.368 e. The Morgan fingerprint density at radius 3 is 2.89 bits per heavy atom. The molecule has 2 aliphatic heterocycles. The molecule has 27 heavy (non-hydrogen) atoms. The minimum absolute atomic E-state index is 0.0427. The zero-order valence-corrected chi connectivity index (χ0v) is 15.4. The fourth-order valence-electron chi connectivity index (χ4n) is 4.52. The number of carbonyl (C=O) groups is 1. The Morgan fingerprint density at radius 1 is 1.37 bits per heavy atom. The van der Waals surface area contributed by atoms with Gasteiger partial charge in [0.2, 0.25) is 5.91 Å². The fraction of sp³-hybridized carbons (Fsp3) is 0.684. The first-order chi connectivity index (χ1) is 12.8. The van der Waals surface area contributed by atoms with E-state index in [4.69, 9.17) is 0 Å². The lowest BCUT2D eigenvalue weighted by Gasteiger charge is -2.31. The monoisotopic (exact) mass is 382 g/mol. The molecule has 4 atom stereocenters. The quantitative estimate of drug-likeness (QED) is 0.797. The van der Waals surface area contributed by atoms with Gasteiger partial charge in [-0.1, -0.05) is 12.2 Å². The first-order valence-electron chi connectivity index (χ1n) is 9.71. The number of alkyl halides is 3. The number of halogens is 3. The Bertz CT molecular complexity index is 742. The van der Waals surface area contributed by atoms with E-state index in [0.29, 0.717) is 24.5 Å². The molecule has 3 heterocycles. The van der Waals surface area contributed by atoms with Crippen molar-refractivity contribution in [1.29, 1.82) is 0 Å². The largest absolute Gasteiger partial charge is 0.410 e. The van der Waals surface area contributed by atoms with E-state index in [0.717, 1.165) is 30.4 Å². The molecule has 1 aliphatic carbocycles. The molecule has 0 spiro atoms. The maximum Gasteiger partial charge on any atom is 0.410 e. The molecule has 1 aromatic rings. The van der Waals surface area contributed by atoms with Gasteiger partial charge in [0.15, 0.2) is 6.04 Å². The summed E-state index contributed by atoms with van der Waals surface area (Å²) in [6.45, 7) is 2.39. The summed E-state index contributed by atoms with van der Waals surface area (Å²) in [7, 11) is 0. The number of anilines is 1. The SMILES string of the molecule is C[C@@H]1C[C@H](C(F)(F)F)n2nc([C@H]3CCCN3C(=O)C[C@@H]3C=CCC3)cc2N1. The zero-order chi connectivity index (χ0) is 19.2. The van der Waals surface area contributed by atoms with E-state index in [1.54, 1.807) is 13.0 Å². The smallest absolute Gasteiger partial charge is 0.368 e. The summed E-state index contributed by atoms with van der Waals surface area (Å²) in [4.78, 5) is 14.6. The lowest BCUT2D eigenvalue weighted by atomic mass is 10.0. The molecule has 5 nitrogen and oxygen atoms in total. The Kier molecular flexibility index (Phi) is 4.68. The van der Waals surface area contributed by atoms with E-state index < -0.39 is 12.2 Å². The van der Waals surface area contributed by atoms with Crippen molar-refractivity contribution in [1.82, 2.24) is 14.7 Å². The molecule has 0 aromatic carbocycles. The van der Waals surface area contributed by atoms with Crippen LogP contribution in [0, 0.1) is 5.92 Å². The summed E-state index contributed by atoms with van der Waals surface area (Å²) in [5.74, 6) is 0.754. The molecular weight excluding hydrogens is 357 g/mol. The van der Waals surface area contributed by atoms with Gasteiger partial charge in [-0.15, -0.1) is 0 Å². The highest BCUT2D eigenvalue weighted by Crippen LogP contribution is 2.41. The first-order valence-corrected chi connectivity index (χ1v) is 9.71. The van der Waals surface area contributed by atoms with Gasteiger partial charge >= 0.3 is 6.18 Å². The van der Waals surface area contributed by atoms with Crippen molar-refractivity contribution in [3.05, 3.63) is 23.9 Å². The number of amides is 1. The van der Waals surface area contributed by atoms with E-state index >= 15 is 0 Å². The average molecular weight is 382 g/mol. The summed E-state index contributed by atoms with van der Waals surface area (Å²) in [5.41, 5.74) is 0.564. The Morgan fingerprint density at radius 2 is 2.19 bits per heavy atom. The van der Waals surface area contributed by atoms with Gasteiger partial charge in [-0.2, -0.15) is 18.3 Å². The standard InChI is InChI=1S/C19H25F3N4O/c1-12-9-16(19(20,21)22)26-17(23-12)11-14(24-26)15-7-4-8-25(15)18(27)10-13-5-2-3-6-13/h2,5,11-13,15-16,23H,3-4,6-10H2,1H3/t12-,13-,15-,16-/m1/s1. The minimum atomic E-state index is -4.34. The molecule has 4 rings (SSSR count). The van der Waals surface area contributed by atoms with Gasteiger partial charge < -0.3 is 10.2 Å². The van der Waals surface area contributed by atoms with Crippen LogP contribution in [0.2, 0.25) is 0 Å². The maximum atomic E-state index is 13.5. The predicted octanol–water partition coefficient (Wildman–Crippen LogP) is 4.21. The van der Waals surface area contributed by atoms with Crippen LogP contribution in [0.3, 0.4) is 0 Å². The van der Waals surface area contributed by atoms with Crippen molar-refractivity contribution in [2.24, 2.45) is 5.92 Å². The summed E-state index contributed by atoms with van der Waals surface area (Å²) in [6.07, 6.45) is 3.90. The molecule has 148 valence electrons. The molecule has 1 aromatic heterocycles. The van der Waals surface area contributed by atoms with Gasteiger partial charge in [-0.25, -0.2) is 4.68 Å². The molecule has 8 heteroatoms. The highest BCUT2D eigenvalue weighted by molar-refractivity contribution is 5.77. The first kappa shape index (κ1) is 18.4. The van der Waals surface area contributed by atoms with Crippen molar-refractivity contribution < 1.29 is 18.0 Å². The van der Waals surface area contributed by atoms with Crippen LogP contribution in [-0.4, -0.2) is 39.4 Å². The van der Waals surface area contributed by atoms with Crippen molar-refractivity contribution in [3.8, 4) is 0 Å². The zero-order valence-electron chi connectivity index (χ0n) is 15.4. The molecular formula is C19H25F3N4O. The lowest BCUT2D eigenvalue weighted by molar-refractivity contribution is -0.173. The number of aromatic nitrogens is 2. The highest BCUT2D eigenvalue weighted by atomic mass is 19.4. The molecule has 1 N–H and O–H groups in total. The Balaban J connectivity index is 1.56. The second-order valence-corrected chi connectivity index (χ2v) is 7.95. The van der Waals surface area contributed by atoms with Crippen LogP contribution in [0.5, 0.6) is 0 Å². The molecule has 3 aliphatic rings. The molecule has 0 unspecified atom stereocenters. The Hall–Kier alpha value is -1.99. The van der Waals surface area contributed by atoms with Crippen LogP contribution < -0.4 is 5.32 Å². The van der Waals surface area contributed by atoms with E-state index in [-0.39, 0.29) is 30.3 Å². The van der Waals surface area contributed by atoms with Gasteiger partial charge in [0, 0.05) is 25.1 Å². The fourth-order valence-corrected chi connectivity index (χ4v) is 4.52. The predicted molar refractivity (Wildman–Crippen MR) is 95.2 cm³/mol. The van der Waals surface area contributed by atoms with E-state index in [9.17, 15) is 18.0 Å². The van der Waals surface area contributed by atoms with E-state index in [1.165, 1.54) is 0 Å². The average Bonchev–Trinajstić information content (AvgIpc) is 3.32. The van der Waals surface area contributed by atoms with Crippen LogP contribution in [0.4, 0.5) is 19.0 Å². The number of allylic oxidation sites excluding steroid dienone is 2. The number of carbonyl (C=O) groups excluding carboxylic acids is 1. The number of rotatable bonds is 3. The third-order valence-electron chi connectivity index (χ3n) is 5.86. The molecule has 0 radical (unpaired) electrons. The number of nitrogens with one attached hydrogen (secondary N) is 1. The summed E-state index contributed by atoms with van der Waals surface area (Å²) >= 11 is 0. The molecule has 0 saturated carbocycles. The van der Waals surface area contributed by atoms with Gasteiger partial charge in [0.1, 0.15) is 5.82 Å². The van der Waals surface area contributed by atoms with Crippen molar-refractivity contribution >= 4 is 11.7 Å². The lowest BCUT2D eigenvalue weighted by Crippen LogP contribution is -2.38. The number of hydrogen-bond acceptors (Lipinski definition) is 3. The van der Waals surface area contributed by atoms with E-state index in [1.807, 2.05) is 4.90 Å². The van der Waals surface area contributed by atoms with Gasteiger partial charge in [-0.05, 0) is 44.9 Å². The molecule has 0 bridgehead atoms. The topological polar surface area (TPSA) is 50.2 Å². The number of likely N-dealkylation sites (tertiary alicyclic amines) is 1. The number of nitrogens with zero attached hydrogens (tertiary/aromatic N) is 3. The third-order valence-corrected chi connectivity index (χ3v) is 5.86. The van der Waals surface area contributed by atoms with Gasteiger partial charge in [0.05, 0.1) is 11.7 Å². The third kappa shape index (κ3) is 3.58. The summed E-state index contributed by atoms with van der Waals surface area (Å²) in [6, 6.07) is -0.428. The van der Waals surface area contributed by atoms with Crippen LogP contribution in [-0.2, 0) is 4.79 Å². The van der Waals surface area contributed by atoms with Crippen LogP contribution >= 0.6 is 0 Å². The van der Waals surface area contributed by atoms with Crippen LogP contribution in [0.15, 0.2) is 18.2 Å². The summed E-state index contributed by atoms with van der Waals surface area (Å²) in [5, 5.41) is 7.40. The van der Waals surface area contributed by atoms with Gasteiger partial charge in [0.25, 0.3) is 0 Å². The second-order valence-electron chi connectivity index (χ2n) is 7.95.